The van der Waals surface area contributed by atoms with Crippen LogP contribution >= 0.6 is 23.2 Å². The summed E-state index contributed by atoms with van der Waals surface area (Å²) in [5.74, 6) is -0.333. The first-order valence-electron chi connectivity index (χ1n) is 16.1. The van der Waals surface area contributed by atoms with Crippen LogP contribution < -0.4 is 19.2 Å². The van der Waals surface area contributed by atoms with Crippen molar-refractivity contribution in [2.45, 2.75) is 38.5 Å². The molecule has 2 heterocycles. The van der Waals surface area contributed by atoms with Gasteiger partial charge in [-0.2, -0.15) is 13.1 Å². The third kappa shape index (κ3) is 10.6. The van der Waals surface area contributed by atoms with Crippen molar-refractivity contribution in [2.24, 2.45) is 5.92 Å². The second-order valence-corrected chi connectivity index (χ2v) is 14.9. The monoisotopic (exact) mass is 758 g/mol. The summed E-state index contributed by atoms with van der Waals surface area (Å²) in [5.41, 5.74) is 1.48. The number of ether oxygens (including phenoxy) is 5. The summed E-state index contributed by atoms with van der Waals surface area (Å²) in [7, 11) is -2.20. The van der Waals surface area contributed by atoms with Gasteiger partial charge in [-0.3, -0.25) is 4.90 Å². The van der Waals surface area contributed by atoms with Crippen molar-refractivity contribution in [3.05, 3.63) is 81.1 Å². The molecule has 2 aromatic carbocycles. The summed E-state index contributed by atoms with van der Waals surface area (Å²) in [6, 6.07) is 9.14. The number of pyridine rings is 1. The van der Waals surface area contributed by atoms with Crippen molar-refractivity contribution in [3.8, 4) is 17.2 Å². The lowest BCUT2D eigenvalue weighted by Gasteiger charge is -2.29. The highest BCUT2D eigenvalue weighted by Gasteiger charge is 2.28. The molecule has 2 aliphatic rings. The van der Waals surface area contributed by atoms with E-state index in [2.05, 4.69) is 9.88 Å². The van der Waals surface area contributed by atoms with E-state index in [1.807, 2.05) is 0 Å². The zero-order valence-electron chi connectivity index (χ0n) is 27.7. The average Bonchev–Trinajstić information content (AvgIpc) is 3.91. The van der Waals surface area contributed by atoms with Crippen LogP contribution in [0.5, 0.6) is 17.2 Å². The molecule has 0 bridgehead atoms. The number of hydrogen-bond acceptors (Lipinski definition) is 9. The predicted molar refractivity (Wildman–Crippen MR) is 182 cm³/mol. The molecule has 1 N–H and O–H groups in total. The van der Waals surface area contributed by atoms with Crippen LogP contribution in [0.2, 0.25) is 10.0 Å². The number of esters is 1. The molecule has 1 saturated heterocycles. The Balaban J connectivity index is 1.43. The molecule has 11 nitrogen and oxygen atoms in total. The number of rotatable bonds is 17. The van der Waals surface area contributed by atoms with Gasteiger partial charge in [-0.25, -0.2) is 18.2 Å². The maximum atomic E-state index is 14.0. The van der Waals surface area contributed by atoms with Crippen molar-refractivity contribution >= 4 is 39.2 Å². The zero-order chi connectivity index (χ0) is 35.8. The van der Waals surface area contributed by atoms with Crippen molar-refractivity contribution in [3.63, 3.8) is 0 Å². The lowest BCUT2D eigenvalue weighted by atomic mass is 10.0. The number of sulfonamides is 1. The number of aromatic amines is 1. The van der Waals surface area contributed by atoms with Gasteiger partial charge in [0.2, 0.25) is 10.0 Å². The molecule has 0 spiro atoms. The molecule has 16 heteroatoms. The second kappa shape index (κ2) is 17.3. The molecule has 1 aliphatic carbocycles. The van der Waals surface area contributed by atoms with E-state index in [0.29, 0.717) is 72.1 Å². The largest absolute Gasteiger partial charge is 0.496 e. The van der Waals surface area contributed by atoms with E-state index >= 15 is 0 Å². The molecule has 1 aromatic heterocycles. The predicted octanol–water partition coefficient (Wildman–Crippen LogP) is 5.44. The first-order chi connectivity index (χ1) is 23.9. The minimum Gasteiger partial charge on any atom is -0.496 e. The highest BCUT2D eigenvalue weighted by Crippen LogP contribution is 2.38. The van der Waals surface area contributed by atoms with Gasteiger partial charge in [-0.05, 0) is 54.2 Å². The van der Waals surface area contributed by atoms with Crippen molar-refractivity contribution < 1.29 is 50.7 Å². The summed E-state index contributed by atoms with van der Waals surface area (Å²) < 4.78 is 80.9. The highest BCUT2D eigenvalue weighted by atomic mass is 35.5. The fourth-order valence-electron chi connectivity index (χ4n) is 5.46. The van der Waals surface area contributed by atoms with Gasteiger partial charge in [0.25, 0.3) is 0 Å². The van der Waals surface area contributed by atoms with Gasteiger partial charge < -0.3 is 23.7 Å². The van der Waals surface area contributed by atoms with Gasteiger partial charge in [0, 0.05) is 44.7 Å². The number of carbonyl (C=O) groups is 1. The number of aromatic nitrogens is 1. The number of halogens is 4. The van der Waals surface area contributed by atoms with Gasteiger partial charge in [0.1, 0.15) is 27.5 Å². The second-order valence-electron chi connectivity index (χ2n) is 12.2. The van der Waals surface area contributed by atoms with E-state index in [1.165, 1.54) is 48.1 Å². The fraction of sp³-hybridized carbons (Fsp3) is 0.471. The number of carbonyl (C=O) groups excluding carboxylic acids is 1. The first-order valence-corrected chi connectivity index (χ1v) is 18.7. The number of benzene rings is 2. The van der Waals surface area contributed by atoms with Crippen LogP contribution in [0, 0.1) is 5.92 Å². The summed E-state index contributed by atoms with van der Waals surface area (Å²) in [6.45, 7) is 0.639. The quantitative estimate of drug-likeness (QED) is 0.166. The molecule has 1 atom stereocenters. The Hall–Kier alpha value is -3.27. The van der Waals surface area contributed by atoms with Gasteiger partial charge in [-0.1, -0.05) is 35.3 Å². The molecular formula is C34H40Cl2F2N3O8S+. The maximum Gasteiger partial charge on any atom is 0.387 e. The van der Waals surface area contributed by atoms with Crippen LogP contribution in [-0.4, -0.2) is 89.6 Å². The molecule has 2 fully saturated rings. The van der Waals surface area contributed by atoms with E-state index < -0.39 is 28.7 Å². The number of H-pyrrole nitrogens is 1. The van der Waals surface area contributed by atoms with Crippen LogP contribution in [0.1, 0.15) is 46.0 Å². The zero-order valence-corrected chi connectivity index (χ0v) is 30.0. The molecule has 5 rings (SSSR count). The molecule has 3 aromatic rings. The Morgan fingerprint density at radius 2 is 1.76 bits per heavy atom. The van der Waals surface area contributed by atoms with Crippen molar-refractivity contribution in [1.29, 1.82) is 0 Å². The number of nitrogens with zero attached hydrogens (tertiary/aromatic N) is 2. The Kier molecular flexibility index (Phi) is 13.1. The Morgan fingerprint density at radius 1 is 1.06 bits per heavy atom. The molecule has 50 heavy (non-hydrogen) atoms. The smallest absolute Gasteiger partial charge is 0.387 e. The molecule has 1 saturated carbocycles. The molecule has 1 aliphatic heterocycles. The van der Waals surface area contributed by atoms with Crippen molar-refractivity contribution in [1.82, 2.24) is 9.21 Å². The van der Waals surface area contributed by atoms with Crippen LogP contribution in [0.4, 0.5) is 8.78 Å². The van der Waals surface area contributed by atoms with Crippen LogP contribution in [0.3, 0.4) is 0 Å². The average molecular weight is 760 g/mol. The molecule has 0 unspecified atom stereocenters. The normalized spacial score (nSPS) is 16.0. The van der Waals surface area contributed by atoms with E-state index in [1.54, 1.807) is 12.1 Å². The first kappa shape index (κ1) is 38.0. The Labute approximate surface area is 300 Å². The van der Waals surface area contributed by atoms with Crippen LogP contribution in [0.15, 0.2) is 48.8 Å². The summed E-state index contributed by atoms with van der Waals surface area (Å²) in [4.78, 5) is 19.0. The van der Waals surface area contributed by atoms with Gasteiger partial charge >= 0.3 is 12.6 Å². The fourth-order valence-corrected chi connectivity index (χ4v) is 6.79. The van der Waals surface area contributed by atoms with Gasteiger partial charge in [0.05, 0.1) is 33.2 Å². The lowest BCUT2D eigenvalue weighted by molar-refractivity contribution is -0.377. The Bertz CT molecular complexity index is 1720. The SMILES string of the molecule is COc1ccc(CN(CCN2CCOCC2)S(C)(=O)=O)cc1C(=O)O[C@@H](Cc1c(Cl)c[nH+]cc1Cl)c1ccc(OC(F)F)c(OCC2CC2)c1. The van der Waals surface area contributed by atoms with E-state index in [0.717, 1.165) is 19.1 Å². The van der Waals surface area contributed by atoms with Crippen LogP contribution in [-0.2, 0) is 32.5 Å². The number of hydrogen-bond donors (Lipinski definition) is 0. The number of alkyl halides is 2. The van der Waals surface area contributed by atoms with Crippen molar-refractivity contribution in [2.75, 3.05) is 59.4 Å². The lowest BCUT2D eigenvalue weighted by Crippen LogP contribution is -2.42. The minimum absolute atomic E-state index is 0.00982. The Morgan fingerprint density at radius 3 is 2.40 bits per heavy atom. The highest BCUT2D eigenvalue weighted by molar-refractivity contribution is 7.88. The molecule has 0 amide bonds. The van der Waals surface area contributed by atoms with Gasteiger partial charge in [0.15, 0.2) is 23.9 Å². The van der Waals surface area contributed by atoms with E-state index in [4.69, 9.17) is 46.9 Å². The standard InChI is InChI=1S/C34H39Cl2F2N3O8S/c1-45-29-7-5-23(20-41(50(2,43)44)10-9-40-11-13-46-14-12-40)15-26(29)33(42)48-31(17-25-27(35)18-39-19-28(25)36)24-6-8-30(49-34(37)38)32(16-24)47-21-22-3-4-22/h5-8,15-16,18-19,22,31,34H,3-4,9-14,17,20-21H2,1-2H3/p+1/t31-/m0/s1. The number of nitrogens with one attached hydrogen (secondary N) is 1. The van der Waals surface area contributed by atoms with Gasteiger partial charge in [-0.15, -0.1) is 0 Å². The minimum atomic E-state index is -3.60. The summed E-state index contributed by atoms with van der Waals surface area (Å²) in [6.07, 6.45) is 5.15. The molecular weight excluding hydrogens is 719 g/mol. The molecule has 272 valence electrons. The number of methoxy groups -OCH3 is 1. The molecule has 0 radical (unpaired) electrons. The maximum absolute atomic E-state index is 14.0. The summed E-state index contributed by atoms with van der Waals surface area (Å²) in [5, 5.41) is 0.581. The number of morpholine rings is 1. The van der Waals surface area contributed by atoms with E-state index in [9.17, 15) is 22.0 Å². The third-order valence-corrected chi connectivity index (χ3v) is 10.4. The van der Waals surface area contributed by atoms with Crippen LogP contribution in [0.25, 0.3) is 0 Å². The topological polar surface area (TPSA) is 118 Å². The van der Waals surface area contributed by atoms with E-state index in [-0.39, 0.29) is 42.3 Å². The third-order valence-electron chi connectivity index (χ3n) is 8.44. The summed E-state index contributed by atoms with van der Waals surface area (Å²) >= 11 is 13.0.